The molecule has 0 aliphatic rings. The van der Waals surface area contributed by atoms with Crippen molar-refractivity contribution in [1.82, 2.24) is 0 Å². The quantitative estimate of drug-likeness (QED) is 0.849. The van der Waals surface area contributed by atoms with Crippen molar-refractivity contribution in [3.05, 3.63) is 52.5 Å². The van der Waals surface area contributed by atoms with Crippen molar-refractivity contribution >= 4 is 28.9 Å². The number of hydrogen-bond acceptors (Lipinski definition) is 3. The van der Waals surface area contributed by atoms with Gasteiger partial charge in [-0.1, -0.05) is 17.7 Å². The summed E-state index contributed by atoms with van der Waals surface area (Å²) in [6.45, 7) is 3.72. The molecule has 0 atom stereocenters. The number of nitrogen functional groups attached to an aromatic ring is 1. The van der Waals surface area contributed by atoms with E-state index in [0.29, 0.717) is 22.1 Å². The molecular formula is C16H17ClN2O2. The Labute approximate surface area is 128 Å². The van der Waals surface area contributed by atoms with Crippen LogP contribution in [0, 0.1) is 13.8 Å². The van der Waals surface area contributed by atoms with Gasteiger partial charge in [0.05, 0.1) is 0 Å². The lowest BCUT2D eigenvalue weighted by molar-refractivity contribution is -0.118. The Hall–Kier alpha value is -2.20. The first-order valence-corrected chi connectivity index (χ1v) is 6.88. The molecule has 21 heavy (non-hydrogen) atoms. The van der Waals surface area contributed by atoms with Gasteiger partial charge in [-0.05, 0) is 55.3 Å². The number of ether oxygens (including phenoxy) is 1. The van der Waals surface area contributed by atoms with Crippen LogP contribution in [0.25, 0.3) is 0 Å². The van der Waals surface area contributed by atoms with Crippen LogP contribution < -0.4 is 15.8 Å². The second kappa shape index (κ2) is 6.50. The maximum absolute atomic E-state index is 11.8. The highest BCUT2D eigenvalue weighted by atomic mass is 35.5. The lowest BCUT2D eigenvalue weighted by atomic mass is 10.1. The molecule has 5 heteroatoms. The molecule has 1 amide bonds. The molecule has 0 spiro atoms. The zero-order valence-corrected chi connectivity index (χ0v) is 12.7. The smallest absolute Gasteiger partial charge is 0.262 e. The topological polar surface area (TPSA) is 64.3 Å². The third kappa shape index (κ3) is 4.13. The van der Waals surface area contributed by atoms with Crippen LogP contribution in [0.1, 0.15) is 11.1 Å². The van der Waals surface area contributed by atoms with E-state index in [1.165, 1.54) is 0 Å². The van der Waals surface area contributed by atoms with Crippen LogP contribution >= 0.6 is 11.6 Å². The van der Waals surface area contributed by atoms with E-state index >= 15 is 0 Å². The van der Waals surface area contributed by atoms with Crippen LogP contribution in [-0.2, 0) is 4.79 Å². The van der Waals surface area contributed by atoms with Gasteiger partial charge in [-0.25, -0.2) is 0 Å². The Kier molecular flexibility index (Phi) is 4.70. The van der Waals surface area contributed by atoms with Gasteiger partial charge in [-0.15, -0.1) is 0 Å². The molecule has 0 aliphatic heterocycles. The van der Waals surface area contributed by atoms with Gasteiger partial charge in [-0.2, -0.15) is 0 Å². The third-order valence-electron chi connectivity index (χ3n) is 2.95. The first-order valence-electron chi connectivity index (χ1n) is 6.50. The van der Waals surface area contributed by atoms with E-state index in [-0.39, 0.29) is 12.5 Å². The number of hydrogen-bond donors (Lipinski definition) is 2. The van der Waals surface area contributed by atoms with Crippen molar-refractivity contribution in [3.8, 4) is 5.75 Å². The highest BCUT2D eigenvalue weighted by molar-refractivity contribution is 6.32. The molecule has 0 unspecified atom stereocenters. The van der Waals surface area contributed by atoms with Crippen molar-refractivity contribution in [2.24, 2.45) is 0 Å². The summed E-state index contributed by atoms with van der Waals surface area (Å²) in [5.41, 5.74) is 8.73. The van der Waals surface area contributed by atoms with Crippen LogP contribution in [-0.4, -0.2) is 12.5 Å². The zero-order valence-electron chi connectivity index (χ0n) is 11.9. The monoisotopic (exact) mass is 304 g/mol. The van der Waals surface area contributed by atoms with Crippen molar-refractivity contribution in [1.29, 1.82) is 0 Å². The normalized spacial score (nSPS) is 10.2. The maximum Gasteiger partial charge on any atom is 0.262 e. The molecular weight excluding hydrogens is 288 g/mol. The second-order valence-corrected chi connectivity index (χ2v) is 5.21. The summed E-state index contributed by atoms with van der Waals surface area (Å²) >= 11 is 6.09. The average molecular weight is 305 g/mol. The van der Waals surface area contributed by atoms with Crippen molar-refractivity contribution in [2.75, 3.05) is 17.7 Å². The molecule has 2 rings (SSSR count). The number of aryl methyl sites for hydroxylation is 2. The lowest BCUT2D eigenvalue weighted by Crippen LogP contribution is -2.20. The van der Waals surface area contributed by atoms with Gasteiger partial charge < -0.3 is 15.8 Å². The van der Waals surface area contributed by atoms with Crippen molar-refractivity contribution in [3.63, 3.8) is 0 Å². The van der Waals surface area contributed by atoms with Gasteiger partial charge in [0.1, 0.15) is 5.75 Å². The highest BCUT2D eigenvalue weighted by Crippen LogP contribution is 2.25. The van der Waals surface area contributed by atoms with E-state index in [1.54, 1.807) is 24.3 Å². The van der Waals surface area contributed by atoms with Gasteiger partial charge in [0.15, 0.2) is 6.61 Å². The number of rotatable bonds is 4. The van der Waals surface area contributed by atoms with Crippen LogP contribution in [0.2, 0.25) is 5.02 Å². The van der Waals surface area contributed by atoms with Gasteiger partial charge in [0.25, 0.3) is 5.91 Å². The van der Waals surface area contributed by atoms with E-state index in [1.807, 2.05) is 26.0 Å². The Morgan fingerprint density at radius 1 is 1.24 bits per heavy atom. The predicted molar refractivity (Wildman–Crippen MR) is 85.9 cm³/mol. The fraction of sp³-hybridized carbons (Fsp3) is 0.188. The minimum Gasteiger partial charge on any atom is -0.484 e. The second-order valence-electron chi connectivity index (χ2n) is 4.83. The SMILES string of the molecule is Cc1cc(OCC(=O)Nc2cccc(N)c2)cc(C)c1Cl. The van der Waals surface area contributed by atoms with E-state index < -0.39 is 0 Å². The lowest BCUT2D eigenvalue weighted by Gasteiger charge is -2.10. The summed E-state index contributed by atoms with van der Waals surface area (Å²) in [5, 5.41) is 3.44. The van der Waals surface area contributed by atoms with E-state index in [4.69, 9.17) is 22.1 Å². The number of anilines is 2. The number of carbonyl (C=O) groups is 1. The predicted octanol–water partition coefficient (Wildman–Crippen LogP) is 3.56. The molecule has 0 aromatic heterocycles. The van der Waals surface area contributed by atoms with Gasteiger partial charge in [-0.3, -0.25) is 4.79 Å². The summed E-state index contributed by atoms with van der Waals surface area (Å²) in [5.74, 6) is 0.378. The molecule has 0 saturated carbocycles. The van der Waals surface area contributed by atoms with Gasteiger partial charge in [0, 0.05) is 16.4 Å². The Morgan fingerprint density at radius 3 is 2.52 bits per heavy atom. The van der Waals surface area contributed by atoms with Crippen LogP contribution in [0.3, 0.4) is 0 Å². The summed E-state index contributed by atoms with van der Waals surface area (Å²) in [4.78, 5) is 11.8. The minimum atomic E-state index is -0.245. The summed E-state index contributed by atoms with van der Waals surface area (Å²) in [6, 6.07) is 10.6. The largest absolute Gasteiger partial charge is 0.484 e. The number of halogens is 1. The molecule has 0 saturated heterocycles. The zero-order chi connectivity index (χ0) is 15.4. The number of nitrogens with two attached hydrogens (primary N) is 1. The highest BCUT2D eigenvalue weighted by Gasteiger charge is 2.07. The Balaban J connectivity index is 1.95. The Bertz CT molecular complexity index is 648. The van der Waals surface area contributed by atoms with Crippen LogP contribution in [0.5, 0.6) is 5.75 Å². The molecule has 0 fully saturated rings. The van der Waals surface area contributed by atoms with E-state index in [2.05, 4.69) is 5.32 Å². The standard InChI is InChI=1S/C16H17ClN2O2/c1-10-6-14(7-11(2)16(10)17)21-9-15(20)19-13-5-3-4-12(18)8-13/h3-8H,9,18H2,1-2H3,(H,19,20). The number of nitrogens with one attached hydrogen (secondary N) is 1. The summed E-state index contributed by atoms with van der Waals surface area (Å²) < 4.78 is 5.48. The number of benzene rings is 2. The Morgan fingerprint density at radius 2 is 1.90 bits per heavy atom. The van der Waals surface area contributed by atoms with Crippen molar-refractivity contribution < 1.29 is 9.53 Å². The molecule has 2 aromatic rings. The first kappa shape index (κ1) is 15.2. The van der Waals surface area contributed by atoms with Crippen LogP contribution in [0.15, 0.2) is 36.4 Å². The molecule has 4 nitrogen and oxygen atoms in total. The summed E-state index contributed by atoms with van der Waals surface area (Å²) in [7, 11) is 0. The molecule has 0 bridgehead atoms. The first-order chi connectivity index (χ1) is 9.95. The molecule has 0 radical (unpaired) electrons. The number of carbonyl (C=O) groups excluding carboxylic acids is 1. The molecule has 110 valence electrons. The number of amides is 1. The van der Waals surface area contributed by atoms with Crippen molar-refractivity contribution in [2.45, 2.75) is 13.8 Å². The maximum atomic E-state index is 11.8. The molecule has 0 aliphatic carbocycles. The molecule has 2 aromatic carbocycles. The molecule has 0 heterocycles. The van der Waals surface area contributed by atoms with E-state index in [0.717, 1.165) is 11.1 Å². The average Bonchev–Trinajstić information content (AvgIpc) is 2.42. The van der Waals surface area contributed by atoms with Crippen LogP contribution in [0.4, 0.5) is 11.4 Å². The van der Waals surface area contributed by atoms with Gasteiger partial charge >= 0.3 is 0 Å². The fourth-order valence-corrected chi connectivity index (χ4v) is 2.06. The third-order valence-corrected chi connectivity index (χ3v) is 3.55. The van der Waals surface area contributed by atoms with Gasteiger partial charge in [0.2, 0.25) is 0 Å². The van der Waals surface area contributed by atoms with E-state index in [9.17, 15) is 4.79 Å². The molecule has 3 N–H and O–H groups in total. The fourth-order valence-electron chi connectivity index (χ4n) is 1.95. The summed E-state index contributed by atoms with van der Waals surface area (Å²) in [6.07, 6.45) is 0. The minimum absolute atomic E-state index is 0.0741.